The lowest BCUT2D eigenvalue weighted by Crippen LogP contribution is -2.47. The van der Waals surface area contributed by atoms with E-state index >= 15 is 4.39 Å². The van der Waals surface area contributed by atoms with Crippen LogP contribution >= 0.6 is 0 Å². The number of alkyl halides is 1. The van der Waals surface area contributed by atoms with Crippen molar-refractivity contribution in [3.63, 3.8) is 0 Å². The van der Waals surface area contributed by atoms with Gasteiger partial charge in [-0.1, -0.05) is 42.5 Å². The highest BCUT2D eigenvalue weighted by Crippen LogP contribution is 2.49. The Morgan fingerprint density at radius 1 is 1.11 bits per heavy atom. The van der Waals surface area contributed by atoms with Crippen LogP contribution in [0, 0.1) is 5.92 Å². The van der Waals surface area contributed by atoms with Crippen LogP contribution in [0.1, 0.15) is 35.7 Å². The topological polar surface area (TPSA) is 48.0 Å². The number of benzene rings is 2. The van der Waals surface area contributed by atoms with E-state index < -0.39 is 35.5 Å². The number of ether oxygens (including phenoxy) is 3. The molecule has 2 aliphatic heterocycles. The highest BCUT2D eigenvalue weighted by Gasteiger charge is 2.47. The second-order valence-electron chi connectivity index (χ2n) is 9.10. The summed E-state index contributed by atoms with van der Waals surface area (Å²) in [7, 11) is 3.14. The molecule has 0 N–H and O–H groups in total. The molecule has 2 aromatic rings. The Labute approximate surface area is 203 Å². The molecule has 5 nitrogen and oxygen atoms in total. The van der Waals surface area contributed by atoms with Gasteiger partial charge in [0, 0.05) is 12.5 Å². The van der Waals surface area contributed by atoms with E-state index in [0.717, 1.165) is 22.8 Å². The summed E-state index contributed by atoms with van der Waals surface area (Å²) in [4.78, 5) is 15.4. The van der Waals surface area contributed by atoms with Crippen LogP contribution in [0.4, 0.5) is 8.78 Å². The molecule has 182 valence electrons. The largest absolute Gasteiger partial charge is 0.493 e. The molecule has 1 saturated heterocycles. The van der Waals surface area contributed by atoms with Crippen molar-refractivity contribution < 1.29 is 27.8 Å². The van der Waals surface area contributed by atoms with Crippen molar-refractivity contribution in [1.29, 1.82) is 0 Å². The monoisotopic (exact) mass is 479 g/mol. The number of hydrogen-bond acceptors (Lipinski definition) is 5. The molecule has 0 aromatic heterocycles. The van der Waals surface area contributed by atoms with E-state index in [1.807, 2.05) is 42.5 Å². The van der Waals surface area contributed by atoms with Gasteiger partial charge < -0.3 is 14.2 Å². The van der Waals surface area contributed by atoms with Crippen molar-refractivity contribution >= 4 is 5.97 Å². The summed E-state index contributed by atoms with van der Waals surface area (Å²) < 4.78 is 46.6. The van der Waals surface area contributed by atoms with Crippen LogP contribution in [-0.4, -0.2) is 37.3 Å². The molecule has 0 saturated carbocycles. The van der Waals surface area contributed by atoms with Gasteiger partial charge in [0.1, 0.15) is 17.6 Å². The standard InChI is InChI=1S/C28H27F2NO4/c1-28(30)19(10-7-11-24(28)29)15-23-26-20-16-22(34-3)21(33-2)14-18(20)12-13-31(26)25(27(32)35-23)17-8-5-4-6-9-17/h4-11,14-16,19,25-26H,12-13H2,1-3H3/b23-15-. The molecule has 0 amide bonds. The maximum atomic E-state index is 15.3. The predicted molar refractivity (Wildman–Crippen MR) is 127 cm³/mol. The number of morpholine rings is 1. The van der Waals surface area contributed by atoms with E-state index in [2.05, 4.69) is 4.90 Å². The highest BCUT2D eigenvalue weighted by molar-refractivity contribution is 5.80. The zero-order chi connectivity index (χ0) is 24.7. The van der Waals surface area contributed by atoms with Crippen LogP contribution in [0.2, 0.25) is 0 Å². The minimum Gasteiger partial charge on any atom is -0.493 e. The Kier molecular flexibility index (Phi) is 5.97. The van der Waals surface area contributed by atoms with Gasteiger partial charge in [-0.25, -0.2) is 13.6 Å². The maximum absolute atomic E-state index is 15.3. The van der Waals surface area contributed by atoms with Gasteiger partial charge in [-0.2, -0.15) is 0 Å². The quantitative estimate of drug-likeness (QED) is 0.538. The normalized spacial score (nSPS) is 29.2. The molecule has 2 aromatic carbocycles. The smallest absolute Gasteiger partial charge is 0.333 e. The van der Waals surface area contributed by atoms with Crippen LogP contribution in [0.25, 0.3) is 0 Å². The first-order valence-corrected chi connectivity index (χ1v) is 11.6. The summed E-state index contributed by atoms with van der Waals surface area (Å²) in [6.07, 6.45) is 6.39. The van der Waals surface area contributed by atoms with Crippen molar-refractivity contribution in [2.24, 2.45) is 5.92 Å². The van der Waals surface area contributed by atoms with Gasteiger partial charge >= 0.3 is 5.97 Å². The lowest BCUT2D eigenvalue weighted by Gasteiger charge is -2.46. The first-order chi connectivity index (χ1) is 16.8. The fourth-order valence-corrected chi connectivity index (χ4v) is 5.16. The molecule has 0 radical (unpaired) electrons. The molecule has 4 atom stereocenters. The summed E-state index contributed by atoms with van der Waals surface area (Å²) in [5.74, 6) is -0.809. The van der Waals surface area contributed by atoms with Gasteiger partial charge in [-0.3, -0.25) is 4.90 Å². The van der Waals surface area contributed by atoms with Crippen LogP contribution in [0.15, 0.2) is 78.4 Å². The van der Waals surface area contributed by atoms with E-state index in [1.54, 1.807) is 20.3 Å². The van der Waals surface area contributed by atoms with Crippen molar-refractivity contribution in [3.05, 3.63) is 95.0 Å². The molecule has 1 aliphatic carbocycles. The fraction of sp³-hybridized carbons (Fsp3) is 0.321. The van der Waals surface area contributed by atoms with E-state index in [1.165, 1.54) is 19.1 Å². The summed E-state index contributed by atoms with van der Waals surface area (Å²) in [6, 6.07) is 12.1. The number of nitrogens with zero attached hydrogens (tertiary/aromatic N) is 1. The van der Waals surface area contributed by atoms with Gasteiger partial charge in [0.05, 0.1) is 20.3 Å². The predicted octanol–water partition coefficient (Wildman–Crippen LogP) is 5.55. The molecule has 5 rings (SSSR count). The number of halogens is 2. The molecule has 35 heavy (non-hydrogen) atoms. The van der Waals surface area contributed by atoms with Crippen LogP contribution in [0.3, 0.4) is 0 Å². The second-order valence-corrected chi connectivity index (χ2v) is 9.10. The molecular weight excluding hydrogens is 452 g/mol. The third-order valence-electron chi connectivity index (χ3n) is 7.07. The third kappa shape index (κ3) is 3.93. The lowest BCUT2D eigenvalue weighted by atomic mass is 9.82. The number of carbonyl (C=O) groups is 1. The molecule has 0 spiro atoms. The van der Waals surface area contributed by atoms with Gasteiger partial charge in [0.25, 0.3) is 0 Å². The number of hydrogen-bond donors (Lipinski definition) is 0. The fourth-order valence-electron chi connectivity index (χ4n) is 5.16. The molecule has 3 aliphatic rings. The summed E-state index contributed by atoms with van der Waals surface area (Å²) >= 11 is 0. The Morgan fingerprint density at radius 2 is 1.83 bits per heavy atom. The van der Waals surface area contributed by atoms with Gasteiger partial charge in [0.15, 0.2) is 17.2 Å². The molecule has 4 unspecified atom stereocenters. The van der Waals surface area contributed by atoms with E-state index in [-0.39, 0.29) is 5.76 Å². The van der Waals surface area contributed by atoms with Crippen molar-refractivity contribution in [2.75, 3.05) is 20.8 Å². The molecule has 1 fully saturated rings. The lowest BCUT2D eigenvalue weighted by molar-refractivity contribution is -0.155. The average Bonchev–Trinajstić information content (AvgIpc) is 2.86. The van der Waals surface area contributed by atoms with Crippen LogP contribution < -0.4 is 9.47 Å². The highest BCUT2D eigenvalue weighted by atomic mass is 19.2. The molecule has 2 heterocycles. The van der Waals surface area contributed by atoms with Crippen LogP contribution in [0.5, 0.6) is 11.5 Å². The second kappa shape index (κ2) is 8.96. The molecule has 0 bridgehead atoms. The number of methoxy groups -OCH3 is 2. The van der Waals surface area contributed by atoms with Crippen molar-refractivity contribution in [1.82, 2.24) is 4.90 Å². The van der Waals surface area contributed by atoms with Crippen molar-refractivity contribution in [3.8, 4) is 11.5 Å². The third-order valence-corrected chi connectivity index (χ3v) is 7.07. The van der Waals surface area contributed by atoms with Crippen molar-refractivity contribution in [2.45, 2.75) is 31.1 Å². The number of carbonyl (C=O) groups excluding carboxylic acids is 1. The first kappa shape index (κ1) is 23.3. The molecule has 7 heteroatoms. The van der Waals surface area contributed by atoms with E-state index in [0.29, 0.717) is 24.5 Å². The minimum absolute atomic E-state index is 0.281. The zero-order valence-corrected chi connectivity index (χ0v) is 19.8. The Bertz CT molecular complexity index is 1240. The number of allylic oxidation sites excluding steroid dienone is 5. The SMILES string of the molecule is COc1cc2c(cc1OC)C1/C(=C/C3C=CC=C(F)C3(C)F)OC(=O)C(c3ccccc3)N1CC2. The number of rotatable bonds is 4. The maximum Gasteiger partial charge on any atom is 0.333 e. The first-order valence-electron chi connectivity index (χ1n) is 11.6. The summed E-state index contributed by atoms with van der Waals surface area (Å²) in [5.41, 5.74) is 0.467. The number of esters is 1. The van der Waals surface area contributed by atoms with E-state index in [9.17, 15) is 9.18 Å². The van der Waals surface area contributed by atoms with Gasteiger partial charge in [-0.05, 0) is 54.3 Å². The summed E-state index contributed by atoms with van der Waals surface area (Å²) in [6.45, 7) is 1.77. The Balaban J connectivity index is 1.66. The molecular formula is C28H27F2NO4. The average molecular weight is 480 g/mol. The Hall–Kier alpha value is -3.45. The number of cyclic esters (lactones) is 1. The summed E-state index contributed by atoms with van der Waals surface area (Å²) in [5, 5.41) is 0. The Morgan fingerprint density at radius 3 is 2.54 bits per heavy atom. The van der Waals surface area contributed by atoms with Gasteiger partial charge in [-0.15, -0.1) is 0 Å². The van der Waals surface area contributed by atoms with Crippen LogP contribution in [-0.2, 0) is 16.0 Å². The number of fused-ring (bicyclic) bond motifs is 3. The van der Waals surface area contributed by atoms with E-state index in [4.69, 9.17) is 14.2 Å². The minimum atomic E-state index is -2.25. The van der Waals surface area contributed by atoms with Gasteiger partial charge in [0.2, 0.25) is 0 Å². The zero-order valence-electron chi connectivity index (χ0n) is 19.8.